The van der Waals surface area contributed by atoms with Crippen molar-refractivity contribution >= 4 is 32.8 Å². The highest BCUT2D eigenvalue weighted by molar-refractivity contribution is 7.91. The van der Waals surface area contributed by atoms with Crippen molar-refractivity contribution in [2.24, 2.45) is 0 Å². The number of carbonyl (C=O) groups excluding carboxylic acids is 1. The highest BCUT2D eigenvalue weighted by Crippen LogP contribution is 2.32. The SMILES string of the molecule is Cc1nn(C2CCS(=O)(=O)C2)c(C)c1NC(=O)c1scc2c1CCCC2. The first-order valence-electron chi connectivity index (χ1n) is 9.02. The topological polar surface area (TPSA) is 81.1 Å². The van der Waals surface area contributed by atoms with Crippen molar-refractivity contribution < 1.29 is 13.2 Å². The van der Waals surface area contributed by atoms with Gasteiger partial charge in [-0.3, -0.25) is 9.48 Å². The molecule has 8 heteroatoms. The summed E-state index contributed by atoms with van der Waals surface area (Å²) in [6.07, 6.45) is 4.94. The molecule has 1 fully saturated rings. The molecule has 1 N–H and O–H groups in total. The molecule has 0 saturated carbocycles. The summed E-state index contributed by atoms with van der Waals surface area (Å²) in [5, 5.41) is 9.66. The van der Waals surface area contributed by atoms with Gasteiger partial charge in [-0.15, -0.1) is 11.3 Å². The third kappa shape index (κ3) is 3.09. The molecule has 1 aliphatic heterocycles. The first-order valence-corrected chi connectivity index (χ1v) is 11.7. The summed E-state index contributed by atoms with van der Waals surface area (Å²) in [6.45, 7) is 3.75. The van der Waals surface area contributed by atoms with Crippen molar-refractivity contribution in [3.63, 3.8) is 0 Å². The van der Waals surface area contributed by atoms with E-state index in [2.05, 4.69) is 15.8 Å². The zero-order chi connectivity index (χ0) is 18.5. The van der Waals surface area contributed by atoms with E-state index < -0.39 is 9.84 Å². The molecule has 2 aromatic rings. The number of aryl methyl sites for hydroxylation is 2. The van der Waals surface area contributed by atoms with Crippen LogP contribution in [0.15, 0.2) is 5.38 Å². The van der Waals surface area contributed by atoms with Gasteiger partial charge in [0, 0.05) is 0 Å². The van der Waals surface area contributed by atoms with E-state index in [1.54, 1.807) is 4.68 Å². The highest BCUT2D eigenvalue weighted by atomic mass is 32.2. The quantitative estimate of drug-likeness (QED) is 0.869. The van der Waals surface area contributed by atoms with E-state index in [1.807, 2.05) is 13.8 Å². The molecule has 0 bridgehead atoms. The van der Waals surface area contributed by atoms with Crippen LogP contribution in [0.25, 0.3) is 0 Å². The predicted molar refractivity (Wildman–Crippen MR) is 103 cm³/mol. The minimum atomic E-state index is -2.98. The highest BCUT2D eigenvalue weighted by Gasteiger charge is 2.32. The van der Waals surface area contributed by atoms with E-state index in [4.69, 9.17) is 0 Å². The number of carbonyl (C=O) groups is 1. The van der Waals surface area contributed by atoms with Crippen molar-refractivity contribution in [3.8, 4) is 0 Å². The second-order valence-corrected chi connectivity index (χ2v) is 10.4. The van der Waals surface area contributed by atoms with Gasteiger partial charge in [-0.2, -0.15) is 5.10 Å². The fourth-order valence-electron chi connectivity index (χ4n) is 4.05. The third-order valence-electron chi connectivity index (χ3n) is 5.43. The van der Waals surface area contributed by atoms with Gasteiger partial charge in [0.2, 0.25) is 0 Å². The van der Waals surface area contributed by atoms with Crippen molar-refractivity contribution in [1.82, 2.24) is 9.78 Å². The molecule has 1 unspecified atom stereocenters. The maximum absolute atomic E-state index is 12.9. The second-order valence-electron chi connectivity index (χ2n) is 7.28. The van der Waals surface area contributed by atoms with Crippen LogP contribution in [0, 0.1) is 13.8 Å². The molecule has 2 aromatic heterocycles. The second kappa shape index (κ2) is 6.49. The van der Waals surface area contributed by atoms with E-state index >= 15 is 0 Å². The van der Waals surface area contributed by atoms with Gasteiger partial charge in [-0.1, -0.05) is 0 Å². The Bertz CT molecular complexity index is 972. The molecular formula is C18H23N3O3S2. The van der Waals surface area contributed by atoms with Crippen molar-refractivity contribution in [1.29, 1.82) is 0 Å². The van der Waals surface area contributed by atoms with E-state index in [9.17, 15) is 13.2 Å². The van der Waals surface area contributed by atoms with Crippen LogP contribution in [0.1, 0.15) is 57.5 Å². The van der Waals surface area contributed by atoms with Gasteiger partial charge in [-0.05, 0) is 62.5 Å². The van der Waals surface area contributed by atoms with Crippen LogP contribution in [0.3, 0.4) is 0 Å². The van der Waals surface area contributed by atoms with Gasteiger partial charge < -0.3 is 5.32 Å². The molecule has 2 aliphatic rings. The number of aromatic nitrogens is 2. The molecule has 1 aliphatic carbocycles. The molecule has 1 atom stereocenters. The van der Waals surface area contributed by atoms with Gasteiger partial charge in [0.15, 0.2) is 9.84 Å². The zero-order valence-corrected chi connectivity index (χ0v) is 16.7. The Kier molecular flexibility index (Phi) is 4.43. The van der Waals surface area contributed by atoms with Gasteiger partial charge in [0.1, 0.15) is 0 Å². The van der Waals surface area contributed by atoms with Gasteiger partial charge in [0.25, 0.3) is 5.91 Å². The summed E-state index contributed by atoms with van der Waals surface area (Å²) in [5.41, 5.74) is 4.77. The third-order valence-corrected chi connectivity index (χ3v) is 8.25. The Morgan fingerprint density at radius 3 is 2.81 bits per heavy atom. The first-order chi connectivity index (χ1) is 12.4. The number of nitrogens with zero attached hydrogens (tertiary/aromatic N) is 2. The maximum atomic E-state index is 12.9. The Labute approximate surface area is 157 Å². The van der Waals surface area contributed by atoms with E-state index in [-0.39, 0.29) is 23.5 Å². The van der Waals surface area contributed by atoms with Gasteiger partial charge in [0.05, 0.1) is 39.5 Å². The van der Waals surface area contributed by atoms with Gasteiger partial charge in [-0.25, -0.2) is 8.42 Å². The number of rotatable bonds is 3. The molecule has 1 saturated heterocycles. The fraction of sp³-hybridized carbons (Fsp3) is 0.556. The Balaban J connectivity index is 1.59. The first kappa shape index (κ1) is 17.7. The summed E-state index contributed by atoms with van der Waals surface area (Å²) in [7, 11) is -2.98. The molecule has 140 valence electrons. The number of anilines is 1. The number of hydrogen-bond donors (Lipinski definition) is 1. The van der Waals surface area contributed by atoms with Crippen LogP contribution in [-0.2, 0) is 22.7 Å². The Morgan fingerprint density at radius 1 is 1.31 bits per heavy atom. The smallest absolute Gasteiger partial charge is 0.266 e. The number of nitrogens with one attached hydrogen (secondary N) is 1. The van der Waals surface area contributed by atoms with E-state index in [0.29, 0.717) is 12.1 Å². The molecule has 4 rings (SSSR count). The van der Waals surface area contributed by atoms with E-state index in [1.165, 1.54) is 28.9 Å². The summed E-state index contributed by atoms with van der Waals surface area (Å²) in [4.78, 5) is 13.7. The molecule has 3 heterocycles. The number of fused-ring (bicyclic) bond motifs is 1. The minimum absolute atomic E-state index is 0.0806. The predicted octanol–water partition coefficient (Wildman–Crippen LogP) is 3.05. The molecule has 1 amide bonds. The van der Waals surface area contributed by atoms with Crippen LogP contribution >= 0.6 is 11.3 Å². The van der Waals surface area contributed by atoms with Crippen LogP contribution in [-0.4, -0.2) is 35.6 Å². The van der Waals surface area contributed by atoms with Crippen LogP contribution in [0.2, 0.25) is 0 Å². The van der Waals surface area contributed by atoms with Crippen molar-refractivity contribution in [3.05, 3.63) is 32.8 Å². The average Bonchev–Trinajstić information content (AvgIpc) is 3.26. The Morgan fingerprint density at radius 2 is 2.08 bits per heavy atom. The monoisotopic (exact) mass is 393 g/mol. The molecule has 6 nitrogen and oxygen atoms in total. The summed E-state index contributed by atoms with van der Waals surface area (Å²) >= 11 is 1.52. The standard InChI is InChI=1S/C18H23N3O3S2/c1-11-16(12(2)21(20-11)14-7-8-26(23,24)10-14)19-18(22)17-15-6-4-3-5-13(15)9-25-17/h9,14H,3-8,10H2,1-2H3,(H,19,22). The Hall–Kier alpha value is -1.67. The fourth-order valence-corrected chi connectivity index (χ4v) is 6.79. The lowest BCUT2D eigenvalue weighted by Crippen LogP contribution is -2.16. The average molecular weight is 394 g/mol. The molecule has 0 aromatic carbocycles. The summed E-state index contributed by atoms with van der Waals surface area (Å²) in [6, 6.07) is -0.140. The number of sulfone groups is 1. The largest absolute Gasteiger partial charge is 0.318 e. The van der Waals surface area contributed by atoms with Crippen molar-refractivity contribution in [2.45, 2.75) is 52.0 Å². The normalized spacial score (nSPS) is 21.5. The lowest BCUT2D eigenvalue weighted by molar-refractivity contribution is 0.102. The molecule has 0 spiro atoms. The summed E-state index contributed by atoms with van der Waals surface area (Å²) in [5.74, 6) is 0.253. The number of hydrogen-bond acceptors (Lipinski definition) is 5. The van der Waals surface area contributed by atoms with Crippen LogP contribution in [0.4, 0.5) is 5.69 Å². The van der Waals surface area contributed by atoms with Crippen LogP contribution < -0.4 is 5.32 Å². The number of thiophene rings is 1. The number of amides is 1. The summed E-state index contributed by atoms with van der Waals surface area (Å²) < 4.78 is 25.3. The lowest BCUT2D eigenvalue weighted by atomic mass is 9.94. The lowest BCUT2D eigenvalue weighted by Gasteiger charge is -2.13. The molecule has 26 heavy (non-hydrogen) atoms. The van der Waals surface area contributed by atoms with Gasteiger partial charge >= 0.3 is 0 Å². The van der Waals surface area contributed by atoms with Crippen molar-refractivity contribution in [2.75, 3.05) is 16.8 Å². The maximum Gasteiger partial charge on any atom is 0.266 e. The minimum Gasteiger partial charge on any atom is -0.318 e. The van der Waals surface area contributed by atoms with Crippen LogP contribution in [0.5, 0.6) is 0 Å². The molecule has 0 radical (unpaired) electrons. The molecular weight excluding hydrogens is 370 g/mol. The zero-order valence-electron chi connectivity index (χ0n) is 15.0. The van der Waals surface area contributed by atoms with E-state index in [0.717, 1.165) is 35.5 Å².